The van der Waals surface area contributed by atoms with Gasteiger partial charge in [0.2, 0.25) is 6.29 Å². The van der Waals surface area contributed by atoms with E-state index in [1.54, 1.807) is 24.3 Å². The number of aliphatic hydroxyl groups is 3. The number of rotatable bonds is 9. The van der Waals surface area contributed by atoms with E-state index in [0.29, 0.717) is 16.8 Å². The fourth-order valence-electron chi connectivity index (χ4n) is 2.61. The lowest BCUT2D eigenvalue weighted by molar-refractivity contribution is -0.266. The first kappa shape index (κ1) is 20.7. The molecule has 1 aromatic rings. The molecule has 0 bridgehead atoms. The van der Waals surface area contributed by atoms with Gasteiger partial charge in [-0.25, -0.2) is 0 Å². The minimum Gasteiger partial charge on any atom is -0.494 e. The number of hydrogen-bond donors (Lipinski definition) is 3. The maximum Gasteiger partial charge on any atom is 0.229 e. The lowest BCUT2D eigenvalue weighted by Crippen LogP contribution is -2.59. The van der Waals surface area contributed by atoms with E-state index in [9.17, 15) is 15.3 Å². The van der Waals surface area contributed by atoms with E-state index in [1.807, 2.05) is 0 Å². The van der Waals surface area contributed by atoms with Crippen LogP contribution in [0, 0.1) is 0 Å². The van der Waals surface area contributed by atoms with Gasteiger partial charge < -0.3 is 29.5 Å². The molecule has 0 saturated carbocycles. The number of aliphatic hydroxyl groups excluding tert-OH is 3. The average molecular weight is 466 g/mol. The van der Waals surface area contributed by atoms with E-state index in [-0.39, 0.29) is 0 Å². The minimum absolute atomic E-state index is 0.480. The van der Waals surface area contributed by atoms with Crippen molar-refractivity contribution in [1.29, 1.82) is 0 Å². The van der Waals surface area contributed by atoms with Crippen LogP contribution in [0.1, 0.15) is 32.6 Å². The quantitative estimate of drug-likeness (QED) is 0.294. The highest BCUT2D eigenvalue weighted by Crippen LogP contribution is 2.26. The van der Waals surface area contributed by atoms with Crippen molar-refractivity contribution in [2.45, 2.75) is 63.3 Å². The summed E-state index contributed by atoms with van der Waals surface area (Å²) in [4.78, 5) is 0. The van der Waals surface area contributed by atoms with Crippen molar-refractivity contribution in [3.8, 4) is 11.5 Å². The zero-order valence-electron chi connectivity index (χ0n) is 14.4. The van der Waals surface area contributed by atoms with E-state index in [1.165, 1.54) is 19.3 Å². The van der Waals surface area contributed by atoms with Gasteiger partial charge in [0.05, 0.1) is 12.7 Å². The van der Waals surface area contributed by atoms with E-state index < -0.39 is 30.7 Å². The maximum absolute atomic E-state index is 10.0. The molecule has 5 unspecified atom stereocenters. The zero-order valence-corrected chi connectivity index (χ0v) is 16.5. The smallest absolute Gasteiger partial charge is 0.229 e. The molecule has 142 valence electrons. The first-order chi connectivity index (χ1) is 12.1. The predicted octanol–water partition coefficient (Wildman–Crippen LogP) is 2.27. The van der Waals surface area contributed by atoms with Gasteiger partial charge in [0.1, 0.15) is 29.8 Å². The molecule has 1 aliphatic rings. The molecule has 1 saturated heterocycles. The van der Waals surface area contributed by atoms with Gasteiger partial charge in [0.15, 0.2) is 0 Å². The molecule has 3 N–H and O–H groups in total. The molecule has 6 nitrogen and oxygen atoms in total. The average Bonchev–Trinajstić information content (AvgIpc) is 2.63. The van der Waals surface area contributed by atoms with Gasteiger partial charge in [-0.2, -0.15) is 0 Å². The van der Waals surface area contributed by atoms with Crippen molar-refractivity contribution in [3.63, 3.8) is 0 Å². The zero-order chi connectivity index (χ0) is 18.2. The van der Waals surface area contributed by atoms with Crippen LogP contribution in [0.3, 0.4) is 0 Å². The number of unbranched alkanes of at least 4 members (excludes halogenated alkanes) is 3. The summed E-state index contributed by atoms with van der Waals surface area (Å²) in [5.41, 5.74) is 0. The van der Waals surface area contributed by atoms with E-state index >= 15 is 0 Å². The molecule has 0 spiro atoms. The summed E-state index contributed by atoms with van der Waals surface area (Å²) in [6.07, 6.45) is -0.742. The van der Waals surface area contributed by atoms with Crippen LogP contribution in [0.25, 0.3) is 0 Å². The molecule has 2 rings (SSSR count). The molecule has 1 heterocycles. The summed E-state index contributed by atoms with van der Waals surface area (Å²) in [5, 5.41) is 29.8. The van der Waals surface area contributed by atoms with E-state index in [2.05, 4.69) is 29.5 Å². The second-order valence-electron chi connectivity index (χ2n) is 6.17. The maximum atomic E-state index is 10.0. The summed E-state index contributed by atoms with van der Waals surface area (Å²) >= 11 is 2.06. The van der Waals surface area contributed by atoms with Gasteiger partial charge >= 0.3 is 0 Å². The Labute approximate surface area is 162 Å². The SMILES string of the molecule is CCCCCCOc1ccc(OC2OC(CI)C(O)C(O)C2O)cc1. The molecule has 1 aliphatic heterocycles. The highest BCUT2D eigenvalue weighted by Gasteiger charge is 2.44. The molecule has 5 atom stereocenters. The third-order valence-corrected chi connectivity index (χ3v) is 5.03. The Morgan fingerprint density at radius 1 is 0.960 bits per heavy atom. The van der Waals surface area contributed by atoms with Crippen LogP contribution in [0.5, 0.6) is 11.5 Å². The standard InChI is InChI=1S/C18H27IO6/c1-2-3-4-5-10-23-12-6-8-13(9-7-12)24-18-17(22)16(21)15(20)14(11-19)25-18/h6-9,14-18,20-22H,2-5,10-11H2,1H3. The number of alkyl halides is 1. The van der Waals surface area contributed by atoms with Gasteiger partial charge in [0.25, 0.3) is 0 Å². The first-order valence-corrected chi connectivity index (χ1v) is 10.2. The van der Waals surface area contributed by atoms with Crippen LogP contribution < -0.4 is 9.47 Å². The fourth-order valence-corrected chi connectivity index (χ4v) is 3.34. The summed E-state index contributed by atoms with van der Waals surface area (Å²) in [6, 6.07) is 7.05. The predicted molar refractivity (Wildman–Crippen MR) is 102 cm³/mol. The normalized spacial score (nSPS) is 29.4. The molecule has 1 aromatic carbocycles. The molecule has 0 aromatic heterocycles. The third kappa shape index (κ3) is 5.96. The molecule has 0 aliphatic carbocycles. The first-order valence-electron chi connectivity index (χ1n) is 8.72. The molecule has 0 amide bonds. The minimum atomic E-state index is -1.32. The van der Waals surface area contributed by atoms with Crippen molar-refractivity contribution >= 4 is 22.6 Å². The van der Waals surface area contributed by atoms with Gasteiger partial charge in [0, 0.05) is 4.43 Å². The van der Waals surface area contributed by atoms with Crippen LogP contribution in [0.2, 0.25) is 0 Å². The Hall–Kier alpha value is -0.610. The van der Waals surface area contributed by atoms with Crippen molar-refractivity contribution in [1.82, 2.24) is 0 Å². The lowest BCUT2D eigenvalue weighted by Gasteiger charge is -2.39. The lowest BCUT2D eigenvalue weighted by atomic mass is 10.00. The van der Waals surface area contributed by atoms with Crippen LogP contribution in [-0.4, -0.2) is 57.1 Å². The Morgan fingerprint density at radius 2 is 1.64 bits per heavy atom. The summed E-state index contributed by atoms with van der Waals surface area (Å²) < 4.78 is 17.3. The van der Waals surface area contributed by atoms with E-state index in [0.717, 1.165) is 12.2 Å². The van der Waals surface area contributed by atoms with Gasteiger partial charge in [-0.15, -0.1) is 0 Å². The highest BCUT2D eigenvalue weighted by atomic mass is 127. The Morgan fingerprint density at radius 3 is 2.28 bits per heavy atom. The van der Waals surface area contributed by atoms with Crippen molar-refractivity contribution < 1.29 is 29.5 Å². The largest absolute Gasteiger partial charge is 0.494 e. The summed E-state index contributed by atoms with van der Waals surface area (Å²) in [6.45, 7) is 2.86. The third-order valence-electron chi connectivity index (χ3n) is 4.16. The number of benzene rings is 1. The van der Waals surface area contributed by atoms with Crippen LogP contribution in [0.4, 0.5) is 0 Å². The Bertz CT molecular complexity index is 495. The van der Waals surface area contributed by atoms with Crippen molar-refractivity contribution in [2.75, 3.05) is 11.0 Å². The molecule has 1 fully saturated rings. The van der Waals surface area contributed by atoms with Gasteiger partial charge in [-0.1, -0.05) is 48.8 Å². The second kappa shape index (κ2) is 10.5. The van der Waals surface area contributed by atoms with Crippen molar-refractivity contribution in [2.24, 2.45) is 0 Å². The van der Waals surface area contributed by atoms with Gasteiger partial charge in [-0.3, -0.25) is 0 Å². The summed E-state index contributed by atoms with van der Waals surface area (Å²) in [7, 11) is 0. The summed E-state index contributed by atoms with van der Waals surface area (Å²) in [5.74, 6) is 1.26. The van der Waals surface area contributed by atoms with E-state index in [4.69, 9.17) is 14.2 Å². The van der Waals surface area contributed by atoms with Gasteiger partial charge in [-0.05, 0) is 30.7 Å². The molecule has 0 radical (unpaired) electrons. The Balaban J connectivity index is 1.85. The topological polar surface area (TPSA) is 88.4 Å². The molecule has 7 heteroatoms. The van der Waals surface area contributed by atoms with Crippen molar-refractivity contribution in [3.05, 3.63) is 24.3 Å². The number of halogens is 1. The molecular weight excluding hydrogens is 439 g/mol. The number of hydrogen-bond acceptors (Lipinski definition) is 6. The number of ether oxygens (including phenoxy) is 3. The van der Waals surface area contributed by atoms with Crippen LogP contribution in [0.15, 0.2) is 24.3 Å². The molecule has 25 heavy (non-hydrogen) atoms. The van der Waals surface area contributed by atoms with Crippen LogP contribution >= 0.6 is 22.6 Å². The fraction of sp³-hybridized carbons (Fsp3) is 0.667. The highest BCUT2D eigenvalue weighted by molar-refractivity contribution is 14.1. The van der Waals surface area contributed by atoms with Crippen LogP contribution in [-0.2, 0) is 4.74 Å². The second-order valence-corrected chi connectivity index (χ2v) is 7.05. The molecular formula is C18H27IO6. The monoisotopic (exact) mass is 466 g/mol. The Kier molecular flexibility index (Phi) is 8.71.